The Morgan fingerprint density at radius 1 is 1.34 bits per heavy atom. The van der Waals surface area contributed by atoms with Crippen LogP contribution in [0.1, 0.15) is 47.8 Å². The van der Waals surface area contributed by atoms with Crippen LogP contribution in [0.5, 0.6) is 0 Å². The van der Waals surface area contributed by atoms with E-state index in [2.05, 4.69) is 36.0 Å². The number of anilines is 1. The molecule has 0 aliphatic heterocycles. The molecule has 2 unspecified atom stereocenters. The van der Waals surface area contributed by atoms with Crippen molar-refractivity contribution in [3.05, 3.63) is 46.8 Å². The number of halogens is 2. The summed E-state index contributed by atoms with van der Waals surface area (Å²) in [7, 11) is -0.0407. The molecule has 170 valence electrons. The van der Waals surface area contributed by atoms with E-state index in [1.54, 1.807) is 17.9 Å². The van der Waals surface area contributed by atoms with Crippen LogP contribution in [0.25, 0.3) is 0 Å². The standard InChI is InChI=1S/C23H28ClFN4O2Si/c1-29-13-27-20(21(29)22(30)28-17-5-6-19(25)18(24)9-17)14-7-15-10-23(12-26,11-16(15)8-14)31-32(2,3)4/h5-6,9,13-16H,7-8,10-11H2,1-4H3,(H,28,30). The molecule has 0 spiro atoms. The highest BCUT2D eigenvalue weighted by Crippen LogP contribution is 2.55. The quantitative estimate of drug-likeness (QED) is 0.581. The average Bonchev–Trinajstić information content (AvgIpc) is 3.34. The second-order valence-electron chi connectivity index (χ2n) is 10.1. The maximum atomic E-state index is 13.4. The van der Waals surface area contributed by atoms with Gasteiger partial charge in [0.1, 0.15) is 17.1 Å². The number of nitrogens with one attached hydrogen (secondary N) is 1. The van der Waals surface area contributed by atoms with E-state index in [0.717, 1.165) is 31.4 Å². The molecule has 0 bridgehead atoms. The molecule has 2 fully saturated rings. The van der Waals surface area contributed by atoms with E-state index in [0.29, 0.717) is 23.2 Å². The number of rotatable bonds is 5. The Morgan fingerprint density at radius 3 is 2.56 bits per heavy atom. The highest BCUT2D eigenvalue weighted by atomic mass is 35.5. The number of amides is 1. The third-order valence-electron chi connectivity index (χ3n) is 6.47. The predicted octanol–water partition coefficient (Wildman–Crippen LogP) is 5.48. The number of benzene rings is 1. The number of aryl methyl sites for hydroxylation is 1. The fourth-order valence-electron chi connectivity index (χ4n) is 5.44. The molecule has 4 rings (SSSR count). The average molecular weight is 475 g/mol. The Labute approximate surface area is 193 Å². The molecule has 1 heterocycles. The van der Waals surface area contributed by atoms with E-state index in [1.807, 2.05) is 0 Å². The Bertz CT molecular complexity index is 1080. The van der Waals surface area contributed by atoms with E-state index in [1.165, 1.54) is 18.2 Å². The normalized spacial score (nSPS) is 27.2. The molecule has 0 saturated heterocycles. The first-order valence-electron chi connectivity index (χ1n) is 10.9. The number of hydrogen-bond donors (Lipinski definition) is 1. The van der Waals surface area contributed by atoms with Gasteiger partial charge < -0.3 is 14.3 Å². The second-order valence-corrected chi connectivity index (χ2v) is 14.9. The Kier molecular flexibility index (Phi) is 5.95. The van der Waals surface area contributed by atoms with Gasteiger partial charge in [-0.15, -0.1) is 0 Å². The van der Waals surface area contributed by atoms with E-state index < -0.39 is 19.7 Å². The van der Waals surface area contributed by atoms with Gasteiger partial charge >= 0.3 is 0 Å². The van der Waals surface area contributed by atoms with Gasteiger partial charge in [-0.1, -0.05) is 11.6 Å². The zero-order chi connectivity index (χ0) is 23.3. The topological polar surface area (TPSA) is 79.9 Å². The van der Waals surface area contributed by atoms with Crippen molar-refractivity contribution in [3.8, 4) is 6.07 Å². The van der Waals surface area contributed by atoms with E-state index >= 15 is 0 Å². The van der Waals surface area contributed by atoms with E-state index in [9.17, 15) is 14.4 Å². The highest BCUT2D eigenvalue weighted by molar-refractivity contribution is 6.69. The van der Waals surface area contributed by atoms with E-state index in [4.69, 9.17) is 16.0 Å². The lowest BCUT2D eigenvalue weighted by molar-refractivity contribution is 0.101. The van der Waals surface area contributed by atoms with Gasteiger partial charge in [-0.25, -0.2) is 9.37 Å². The fraction of sp³-hybridized carbons (Fsp3) is 0.522. The fourth-order valence-corrected chi connectivity index (χ4v) is 7.00. The van der Waals surface area contributed by atoms with Gasteiger partial charge in [0.25, 0.3) is 5.91 Å². The summed E-state index contributed by atoms with van der Waals surface area (Å²) in [6.45, 7) is 6.36. The Morgan fingerprint density at radius 2 is 2.00 bits per heavy atom. The molecular formula is C23H28ClFN4O2Si. The van der Waals surface area contributed by atoms with Crippen molar-refractivity contribution in [1.29, 1.82) is 5.26 Å². The molecule has 2 aromatic rings. The monoisotopic (exact) mass is 474 g/mol. The molecule has 1 aromatic heterocycles. The smallest absolute Gasteiger partial charge is 0.274 e. The number of aromatic nitrogens is 2. The van der Waals surface area contributed by atoms with E-state index in [-0.39, 0.29) is 16.8 Å². The molecule has 1 amide bonds. The number of hydrogen-bond acceptors (Lipinski definition) is 4. The molecular weight excluding hydrogens is 447 g/mol. The second kappa shape index (κ2) is 8.29. The van der Waals surface area contributed by atoms with Gasteiger partial charge in [-0.3, -0.25) is 4.79 Å². The number of nitrogens with zero attached hydrogens (tertiary/aromatic N) is 3. The molecule has 2 aliphatic rings. The van der Waals surface area contributed by atoms with Crippen molar-refractivity contribution in [3.63, 3.8) is 0 Å². The number of carbonyl (C=O) groups is 1. The maximum absolute atomic E-state index is 13.4. The summed E-state index contributed by atoms with van der Waals surface area (Å²) < 4.78 is 21.5. The molecule has 0 radical (unpaired) electrons. The van der Waals surface area contributed by atoms with Gasteiger partial charge in [0.05, 0.1) is 23.1 Å². The van der Waals surface area contributed by atoms with Crippen molar-refractivity contribution >= 4 is 31.5 Å². The maximum Gasteiger partial charge on any atom is 0.274 e. The Balaban J connectivity index is 1.50. The molecule has 6 nitrogen and oxygen atoms in total. The van der Waals surface area contributed by atoms with Crippen molar-refractivity contribution in [1.82, 2.24) is 9.55 Å². The minimum atomic E-state index is -1.83. The largest absolute Gasteiger partial charge is 0.400 e. The third kappa shape index (κ3) is 4.47. The Hall–Kier alpha value is -2.21. The third-order valence-corrected chi connectivity index (χ3v) is 7.77. The van der Waals surface area contributed by atoms with Crippen LogP contribution in [0, 0.1) is 29.0 Å². The van der Waals surface area contributed by atoms with Crippen molar-refractivity contribution < 1.29 is 13.6 Å². The number of imidazole rings is 1. The van der Waals surface area contributed by atoms with Crippen LogP contribution < -0.4 is 5.32 Å². The van der Waals surface area contributed by atoms with Crippen LogP contribution >= 0.6 is 11.6 Å². The van der Waals surface area contributed by atoms with Gasteiger partial charge in [0.15, 0.2) is 8.32 Å². The van der Waals surface area contributed by atoms with Gasteiger partial charge in [0.2, 0.25) is 0 Å². The van der Waals surface area contributed by atoms with Crippen LogP contribution in [-0.2, 0) is 11.5 Å². The van der Waals surface area contributed by atoms with Crippen molar-refractivity contribution in [2.24, 2.45) is 18.9 Å². The zero-order valence-electron chi connectivity index (χ0n) is 18.8. The summed E-state index contributed by atoms with van der Waals surface area (Å²) in [5.41, 5.74) is 1.04. The first kappa shape index (κ1) is 23.0. The predicted molar refractivity (Wildman–Crippen MR) is 124 cm³/mol. The van der Waals surface area contributed by atoms with Crippen LogP contribution in [-0.4, -0.2) is 29.4 Å². The summed E-state index contributed by atoms with van der Waals surface area (Å²) in [6.07, 6.45) is 4.93. The lowest BCUT2D eigenvalue weighted by Crippen LogP contribution is -2.40. The molecule has 1 aromatic carbocycles. The van der Waals surface area contributed by atoms with Gasteiger partial charge in [0, 0.05) is 18.7 Å². The molecule has 32 heavy (non-hydrogen) atoms. The zero-order valence-corrected chi connectivity index (χ0v) is 20.5. The lowest BCUT2D eigenvalue weighted by atomic mass is 9.93. The minimum absolute atomic E-state index is 0.0434. The van der Waals surface area contributed by atoms with Crippen LogP contribution in [0.15, 0.2) is 24.5 Å². The molecule has 2 saturated carbocycles. The molecule has 2 aliphatic carbocycles. The summed E-state index contributed by atoms with van der Waals surface area (Å²) in [5, 5.41) is 12.6. The van der Waals surface area contributed by atoms with Crippen LogP contribution in [0.3, 0.4) is 0 Å². The molecule has 9 heteroatoms. The summed E-state index contributed by atoms with van der Waals surface area (Å²) in [4.78, 5) is 17.6. The van der Waals surface area contributed by atoms with Crippen molar-refractivity contribution in [2.45, 2.75) is 56.8 Å². The number of fused-ring (bicyclic) bond motifs is 1. The summed E-state index contributed by atoms with van der Waals surface area (Å²) in [5.74, 6) is 0.116. The highest BCUT2D eigenvalue weighted by Gasteiger charge is 2.52. The van der Waals surface area contributed by atoms with Crippen LogP contribution in [0.2, 0.25) is 24.7 Å². The summed E-state index contributed by atoms with van der Waals surface area (Å²) in [6, 6.07) is 6.58. The minimum Gasteiger partial charge on any atom is -0.400 e. The molecule has 2 atom stereocenters. The van der Waals surface area contributed by atoms with Gasteiger partial charge in [-0.05, 0) is 75.4 Å². The number of nitriles is 1. The SMILES string of the molecule is Cn1cnc(C2CC3CC(C#N)(O[Si](C)(C)C)CC3C2)c1C(=O)Nc1ccc(F)c(Cl)c1. The van der Waals surface area contributed by atoms with Crippen molar-refractivity contribution in [2.75, 3.05) is 5.32 Å². The lowest BCUT2D eigenvalue weighted by Gasteiger charge is -2.31. The molecule has 1 N–H and O–H groups in total. The summed E-state index contributed by atoms with van der Waals surface area (Å²) >= 11 is 5.84. The number of carbonyl (C=O) groups excluding carboxylic acids is 1. The van der Waals surface area contributed by atoms with Gasteiger partial charge in [-0.2, -0.15) is 5.26 Å². The first-order chi connectivity index (χ1) is 15.0. The first-order valence-corrected chi connectivity index (χ1v) is 14.7. The van der Waals surface area contributed by atoms with Crippen LogP contribution in [0.4, 0.5) is 10.1 Å².